The Kier molecular flexibility index (Phi) is 11.2. The summed E-state index contributed by atoms with van der Waals surface area (Å²) < 4.78 is 53.5. The Labute approximate surface area is 312 Å². The van der Waals surface area contributed by atoms with Gasteiger partial charge in [-0.3, -0.25) is 13.9 Å². The average Bonchev–Trinajstić information content (AvgIpc) is 3.56. The molecule has 0 radical (unpaired) electrons. The van der Waals surface area contributed by atoms with Crippen molar-refractivity contribution in [2.75, 3.05) is 70.0 Å². The molecule has 2 aromatic carbocycles. The fourth-order valence-corrected chi connectivity index (χ4v) is 8.91. The molecule has 0 saturated carbocycles. The van der Waals surface area contributed by atoms with E-state index in [0.29, 0.717) is 70.5 Å². The van der Waals surface area contributed by atoms with Crippen molar-refractivity contribution < 1.29 is 26.4 Å². The number of anilines is 2. The highest BCUT2D eigenvalue weighted by Crippen LogP contribution is 2.37. The molecule has 3 aromatic rings. The van der Waals surface area contributed by atoms with Gasteiger partial charge in [0.25, 0.3) is 21.8 Å². The second-order valence-corrected chi connectivity index (χ2v) is 19.6. The number of benzene rings is 2. The van der Waals surface area contributed by atoms with E-state index < -0.39 is 30.5 Å². The molecule has 15 heteroatoms. The molecular weight excluding hydrogens is 724 g/mol. The Balaban J connectivity index is 1.49. The van der Waals surface area contributed by atoms with Crippen LogP contribution in [0.5, 0.6) is 0 Å². The zero-order chi connectivity index (χ0) is 38.3. The Hall–Kier alpha value is -3.95. The summed E-state index contributed by atoms with van der Waals surface area (Å²) in [5.41, 5.74) is 3.85. The van der Waals surface area contributed by atoms with E-state index in [-0.39, 0.29) is 27.8 Å². The lowest BCUT2D eigenvalue weighted by atomic mass is 10.0. The molecule has 52 heavy (non-hydrogen) atoms. The quantitative estimate of drug-likeness (QED) is 0.263. The molecule has 1 saturated heterocycles. The van der Waals surface area contributed by atoms with Gasteiger partial charge in [-0.2, -0.15) is 0 Å². The number of fused-ring (bicyclic) bond motifs is 1. The minimum atomic E-state index is -4.03. The van der Waals surface area contributed by atoms with Crippen LogP contribution in [0.1, 0.15) is 53.6 Å². The molecule has 1 aromatic heterocycles. The third kappa shape index (κ3) is 7.86. The minimum Gasteiger partial charge on any atom is -0.358 e. The molecule has 2 aliphatic heterocycles. The zero-order valence-electron chi connectivity index (χ0n) is 30.7. The predicted molar refractivity (Wildman–Crippen MR) is 208 cm³/mol. The van der Waals surface area contributed by atoms with Gasteiger partial charge in [0.1, 0.15) is 0 Å². The van der Waals surface area contributed by atoms with Gasteiger partial charge in [-0.1, -0.05) is 24.2 Å². The molecule has 2 amide bonds. The third-order valence-electron chi connectivity index (χ3n) is 9.64. The lowest BCUT2D eigenvalue weighted by molar-refractivity contribution is -0.110. The van der Waals surface area contributed by atoms with E-state index in [0.717, 1.165) is 17.4 Å². The topological polar surface area (TPSA) is 143 Å². The summed E-state index contributed by atoms with van der Waals surface area (Å²) in [5, 5.41) is 3.22. The van der Waals surface area contributed by atoms with Gasteiger partial charge in [0.15, 0.2) is 9.84 Å². The maximum atomic E-state index is 14.1. The first-order valence-electron chi connectivity index (χ1n) is 16.9. The largest absolute Gasteiger partial charge is 0.358 e. The van der Waals surface area contributed by atoms with Crippen LogP contribution in [-0.4, -0.2) is 113 Å². The summed E-state index contributed by atoms with van der Waals surface area (Å²) in [6.45, 7) is 13.8. The number of hydrogen-bond donors (Lipinski definition) is 2. The van der Waals surface area contributed by atoms with Gasteiger partial charge >= 0.3 is 0 Å². The molecule has 0 aliphatic carbocycles. The van der Waals surface area contributed by atoms with Gasteiger partial charge in [0.05, 0.1) is 31.4 Å². The van der Waals surface area contributed by atoms with E-state index in [2.05, 4.69) is 21.8 Å². The summed E-state index contributed by atoms with van der Waals surface area (Å²) in [5.74, 6) is -0.536. The van der Waals surface area contributed by atoms with E-state index in [1.807, 2.05) is 23.8 Å². The highest BCUT2D eigenvalue weighted by molar-refractivity contribution is 7.96. The molecule has 0 spiro atoms. The smallest absolute Gasteiger partial charge is 0.264 e. The van der Waals surface area contributed by atoms with E-state index in [1.54, 1.807) is 64.2 Å². The zero-order valence-corrected chi connectivity index (χ0v) is 33.1. The minimum absolute atomic E-state index is 0.0101. The summed E-state index contributed by atoms with van der Waals surface area (Å²) in [7, 11) is -2.34. The highest BCUT2D eigenvalue weighted by atomic mass is 35.5. The first kappa shape index (κ1) is 39.3. The molecule has 3 heterocycles. The van der Waals surface area contributed by atoms with Crippen LogP contribution in [0, 0.1) is 6.92 Å². The van der Waals surface area contributed by atoms with Crippen LogP contribution in [-0.2, 0) is 31.1 Å². The lowest BCUT2D eigenvalue weighted by Gasteiger charge is -2.32. The van der Waals surface area contributed by atoms with Crippen LogP contribution in [0.15, 0.2) is 58.8 Å². The van der Waals surface area contributed by atoms with Gasteiger partial charge in [0, 0.05) is 80.4 Å². The number of rotatable bonds is 11. The van der Waals surface area contributed by atoms with E-state index in [9.17, 15) is 26.4 Å². The molecule has 5 rings (SSSR count). The van der Waals surface area contributed by atoms with E-state index in [4.69, 9.17) is 11.6 Å². The van der Waals surface area contributed by atoms with Crippen molar-refractivity contribution in [3.8, 4) is 0 Å². The van der Waals surface area contributed by atoms with Crippen LogP contribution in [0.25, 0.3) is 11.6 Å². The van der Waals surface area contributed by atoms with Gasteiger partial charge in [0.2, 0.25) is 0 Å². The van der Waals surface area contributed by atoms with E-state index in [1.165, 1.54) is 19.2 Å². The van der Waals surface area contributed by atoms with Crippen molar-refractivity contribution in [3.63, 3.8) is 0 Å². The van der Waals surface area contributed by atoms with Crippen molar-refractivity contribution in [1.82, 2.24) is 19.7 Å². The first-order chi connectivity index (χ1) is 24.2. The van der Waals surface area contributed by atoms with Crippen molar-refractivity contribution in [2.45, 2.75) is 43.8 Å². The summed E-state index contributed by atoms with van der Waals surface area (Å²) >= 11 is 6.12. The molecule has 280 valence electrons. The molecular formula is C37H47ClN6O6S2. The fourth-order valence-electron chi connectivity index (χ4n) is 6.25. The van der Waals surface area contributed by atoms with Crippen molar-refractivity contribution >= 4 is 66.3 Å². The van der Waals surface area contributed by atoms with Crippen molar-refractivity contribution in [1.29, 1.82) is 0 Å². The third-order valence-corrected chi connectivity index (χ3v) is 14.2. The van der Waals surface area contributed by atoms with Gasteiger partial charge in [-0.15, -0.1) is 0 Å². The van der Waals surface area contributed by atoms with E-state index >= 15 is 0 Å². The van der Waals surface area contributed by atoms with Crippen LogP contribution in [0.2, 0.25) is 5.02 Å². The number of H-pyrrole nitrogens is 1. The number of halogens is 1. The predicted octanol–water partition coefficient (Wildman–Crippen LogP) is 4.88. The SMILES string of the molecule is C=C(CN(C)CCc1[nH]c(C=C2C(=O)Nc3ccc(S(=O)(=O)N(C)c4cccc(Cl)c4)cc32)c(C)c1C(=O)N1CCN(C)CC1)S(=O)(=O)C(C)(C)C. The number of hydrogen-bond acceptors (Lipinski definition) is 8. The van der Waals surface area contributed by atoms with Gasteiger partial charge < -0.3 is 25.0 Å². The number of sulfonamides is 1. The number of likely N-dealkylation sites (N-methyl/N-ethyl adjacent to an activating group) is 2. The number of carbonyl (C=O) groups excluding carboxylic acids is 2. The number of aromatic amines is 1. The van der Waals surface area contributed by atoms with Gasteiger partial charge in [-0.25, -0.2) is 16.8 Å². The molecule has 12 nitrogen and oxygen atoms in total. The summed E-state index contributed by atoms with van der Waals surface area (Å²) in [6, 6.07) is 11.0. The maximum absolute atomic E-state index is 14.1. The molecule has 1 fully saturated rings. The number of carbonyl (C=O) groups is 2. The number of aromatic nitrogens is 1. The van der Waals surface area contributed by atoms with Crippen molar-refractivity contribution in [3.05, 3.63) is 87.0 Å². The lowest BCUT2D eigenvalue weighted by Crippen LogP contribution is -2.47. The normalized spacial score (nSPS) is 16.4. The van der Waals surface area contributed by atoms with Crippen LogP contribution >= 0.6 is 11.6 Å². The Morgan fingerprint density at radius 2 is 1.71 bits per heavy atom. The second-order valence-electron chi connectivity index (χ2n) is 14.4. The number of sulfone groups is 1. The van der Waals surface area contributed by atoms with Gasteiger partial charge in [-0.05, 0) is 89.8 Å². The number of amides is 2. The monoisotopic (exact) mass is 770 g/mol. The molecule has 0 bridgehead atoms. The number of piperazine rings is 1. The molecule has 0 unspecified atom stereocenters. The summed E-state index contributed by atoms with van der Waals surface area (Å²) in [4.78, 5) is 36.8. The van der Waals surface area contributed by atoms with Crippen LogP contribution in [0.4, 0.5) is 11.4 Å². The Bertz CT molecular complexity index is 2160. The number of nitrogens with zero attached hydrogens (tertiary/aromatic N) is 4. The first-order valence-corrected chi connectivity index (χ1v) is 20.2. The standard InChI is InChI=1S/C37H47ClN6O6S2/c1-24(51(47,48)37(3,4)5)23-42(7)15-14-32-34(36(46)44-18-16-41(6)17-19-44)25(2)33(39-32)22-30-29-21-28(12-13-31(29)40-35(30)45)52(49,50)43(8)27-11-9-10-26(38)20-27/h9-13,20-22,39H,1,14-19,23H2,2-8H3,(H,40,45). The average molecular weight is 771 g/mol. The van der Waals surface area contributed by atoms with Crippen molar-refractivity contribution in [2.24, 2.45) is 0 Å². The molecule has 2 N–H and O–H groups in total. The molecule has 2 aliphatic rings. The highest BCUT2D eigenvalue weighted by Gasteiger charge is 2.33. The van der Waals surface area contributed by atoms with Crippen LogP contribution < -0.4 is 9.62 Å². The Morgan fingerprint density at radius 3 is 2.35 bits per heavy atom. The van der Waals surface area contributed by atoms with Crippen LogP contribution in [0.3, 0.4) is 0 Å². The maximum Gasteiger partial charge on any atom is 0.264 e. The Morgan fingerprint density at radius 1 is 1.04 bits per heavy atom. The molecule has 0 atom stereocenters. The number of nitrogens with one attached hydrogen (secondary N) is 2. The fraction of sp³-hybridized carbons (Fsp3) is 0.405. The second kappa shape index (κ2) is 14.8. The summed E-state index contributed by atoms with van der Waals surface area (Å²) in [6.07, 6.45) is 2.04.